The second-order valence-electron chi connectivity index (χ2n) is 8.12. The van der Waals surface area contributed by atoms with Gasteiger partial charge in [-0.15, -0.1) is 11.8 Å². The molecule has 0 saturated carbocycles. The maximum atomic E-state index is 13.8. The number of rotatable bonds is 13. The summed E-state index contributed by atoms with van der Waals surface area (Å²) in [4.78, 5) is 22.7. The van der Waals surface area contributed by atoms with Gasteiger partial charge in [-0.05, 0) is 44.2 Å². The van der Waals surface area contributed by atoms with Crippen LogP contribution < -0.4 is 0 Å². The van der Waals surface area contributed by atoms with Crippen molar-refractivity contribution in [3.05, 3.63) is 64.5 Å². The number of halogens is 5. The summed E-state index contributed by atoms with van der Waals surface area (Å²) in [6.45, 7) is 3.17. The topological polar surface area (TPSA) is 52.6 Å². The highest BCUT2D eigenvalue weighted by molar-refractivity contribution is 7.99. The molecule has 0 N–H and O–H groups in total. The maximum Gasteiger partial charge on any atom is 0.308 e. The molecule has 4 nitrogen and oxygen atoms in total. The molecule has 0 aromatic heterocycles. The van der Waals surface area contributed by atoms with Gasteiger partial charge >= 0.3 is 5.97 Å². The molecular weight excluding hydrogens is 502 g/mol. The molecule has 0 aliphatic carbocycles. The molecule has 0 fully saturated rings. The standard InChI is InChI=1S/C25H27F5O4S.B/c1-14(31)12-18(34-19(32)13-15(2)33-3)9-8-16-4-6-17(7-5-16)10-11-35-25-23(29)21(27)20(26)22(28)24(25)30;/h4-7,15,18H,8-13H2,1-3H3;. The van der Waals surface area contributed by atoms with E-state index in [-0.39, 0.29) is 38.9 Å². The third-order valence-electron chi connectivity index (χ3n) is 5.25. The van der Waals surface area contributed by atoms with E-state index in [0.29, 0.717) is 31.0 Å². The van der Waals surface area contributed by atoms with Gasteiger partial charge in [-0.3, -0.25) is 9.59 Å². The number of hydrogen-bond donors (Lipinski definition) is 0. The van der Waals surface area contributed by atoms with Gasteiger partial charge in [0.05, 0.1) is 17.4 Å². The van der Waals surface area contributed by atoms with Gasteiger partial charge in [0.2, 0.25) is 5.82 Å². The number of hydrogen-bond acceptors (Lipinski definition) is 5. The highest BCUT2D eigenvalue weighted by Crippen LogP contribution is 2.31. The van der Waals surface area contributed by atoms with Crippen LogP contribution in [0.4, 0.5) is 22.0 Å². The molecular formula is C25H27BF5O4S. The number of esters is 1. The summed E-state index contributed by atoms with van der Waals surface area (Å²) in [5.74, 6) is -10.2. The monoisotopic (exact) mass is 529 g/mol. The number of benzene rings is 2. The molecule has 0 aliphatic heterocycles. The fraction of sp³-hybridized carbons (Fsp3) is 0.440. The first-order chi connectivity index (χ1) is 16.5. The van der Waals surface area contributed by atoms with Crippen LogP contribution in [0.15, 0.2) is 29.2 Å². The van der Waals surface area contributed by atoms with Crippen LogP contribution in [0.5, 0.6) is 0 Å². The second kappa shape index (κ2) is 15.0. The van der Waals surface area contributed by atoms with E-state index >= 15 is 0 Å². The Balaban J connectivity index is 0.00000648. The molecule has 2 rings (SSSR count). The Bertz CT molecular complexity index is 1010. The highest BCUT2D eigenvalue weighted by Gasteiger charge is 2.25. The number of carbonyl (C=O) groups excluding carboxylic acids is 2. The fourth-order valence-electron chi connectivity index (χ4n) is 3.26. The minimum atomic E-state index is -2.18. The number of aryl methyl sites for hydroxylation is 2. The van der Waals surface area contributed by atoms with E-state index in [4.69, 9.17) is 9.47 Å². The summed E-state index contributed by atoms with van der Waals surface area (Å²) in [7, 11) is 1.49. The van der Waals surface area contributed by atoms with E-state index in [1.165, 1.54) is 14.0 Å². The minimum absolute atomic E-state index is 0. The molecule has 11 heteroatoms. The lowest BCUT2D eigenvalue weighted by Gasteiger charge is -2.18. The second-order valence-corrected chi connectivity index (χ2v) is 9.23. The van der Waals surface area contributed by atoms with Gasteiger partial charge in [-0.1, -0.05) is 24.3 Å². The van der Waals surface area contributed by atoms with Gasteiger partial charge < -0.3 is 9.47 Å². The molecule has 0 aliphatic rings. The Kier molecular flexibility index (Phi) is 13.2. The van der Waals surface area contributed by atoms with Crippen molar-refractivity contribution in [2.75, 3.05) is 12.9 Å². The number of carbonyl (C=O) groups is 2. The van der Waals surface area contributed by atoms with Crippen molar-refractivity contribution in [3.8, 4) is 0 Å². The molecule has 0 bridgehead atoms. The Labute approximate surface area is 213 Å². The zero-order valence-electron chi connectivity index (χ0n) is 20.2. The lowest BCUT2D eigenvalue weighted by Crippen LogP contribution is -2.24. The van der Waals surface area contributed by atoms with Gasteiger partial charge in [0.25, 0.3) is 0 Å². The highest BCUT2D eigenvalue weighted by atomic mass is 32.2. The van der Waals surface area contributed by atoms with Crippen molar-refractivity contribution >= 4 is 31.9 Å². The number of Topliss-reactive ketones (excluding diaryl/α,β-unsaturated/α-hetero) is 1. The average molecular weight is 529 g/mol. The summed E-state index contributed by atoms with van der Waals surface area (Å²) >= 11 is 0.555. The molecule has 36 heavy (non-hydrogen) atoms. The first kappa shape index (κ1) is 31.6. The van der Waals surface area contributed by atoms with E-state index < -0.39 is 46.1 Å². The summed E-state index contributed by atoms with van der Waals surface area (Å²) < 4.78 is 77.8. The van der Waals surface area contributed by atoms with Crippen molar-refractivity contribution in [3.63, 3.8) is 0 Å². The summed E-state index contributed by atoms with van der Waals surface area (Å²) in [6.07, 6.45) is 0.684. The van der Waals surface area contributed by atoms with Crippen LogP contribution in [-0.4, -0.2) is 45.2 Å². The third kappa shape index (κ3) is 9.24. The summed E-state index contributed by atoms with van der Waals surface area (Å²) in [6, 6.07) is 7.25. The van der Waals surface area contributed by atoms with Gasteiger partial charge in [0.1, 0.15) is 11.9 Å². The molecule has 0 heterocycles. The molecule has 0 spiro atoms. The van der Waals surface area contributed by atoms with Gasteiger partial charge in [0.15, 0.2) is 23.3 Å². The number of ether oxygens (including phenoxy) is 2. The molecule has 2 atom stereocenters. The largest absolute Gasteiger partial charge is 0.462 e. The SMILES string of the molecule is COC(C)CC(=O)OC(CCc1ccc(CCSc2c(F)c(F)c(F)c(F)c2F)cc1)CC(C)=O.[B]. The van der Waals surface area contributed by atoms with Crippen LogP contribution in [0.3, 0.4) is 0 Å². The van der Waals surface area contributed by atoms with Crippen molar-refractivity contribution in [1.29, 1.82) is 0 Å². The zero-order valence-corrected chi connectivity index (χ0v) is 21.0. The Morgan fingerprint density at radius 2 is 1.36 bits per heavy atom. The van der Waals surface area contributed by atoms with E-state index in [9.17, 15) is 31.5 Å². The van der Waals surface area contributed by atoms with Crippen LogP contribution in [0, 0.1) is 29.1 Å². The first-order valence-electron chi connectivity index (χ1n) is 11.0. The Hall–Kier alpha value is -2.40. The van der Waals surface area contributed by atoms with E-state index in [1.807, 2.05) is 12.1 Å². The molecule has 2 unspecified atom stereocenters. The van der Waals surface area contributed by atoms with E-state index in [2.05, 4.69) is 0 Å². The van der Waals surface area contributed by atoms with Crippen molar-refractivity contribution in [2.45, 2.75) is 63.1 Å². The first-order valence-corrected chi connectivity index (χ1v) is 12.0. The molecule has 2 aromatic rings. The van der Waals surface area contributed by atoms with Crippen LogP contribution in [-0.2, 0) is 31.9 Å². The fourth-order valence-corrected chi connectivity index (χ4v) is 4.23. The van der Waals surface area contributed by atoms with Crippen molar-refractivity contribution in [1.82, 2.24) is 0 Å². The quantitative estimate of drug-likeness (QED) is 0.0847. The smallest absolute Gasteiger partial charge is 0.308 e. The van der Waals surface area contributed by atoms with E-state index in [0.717, 1.165) is 11.1 Å². The minimum Gasteiger partial charge on any atom is -0.462 e. The van der Waals surface area contributed by atoms with Crippen LogP contribution in [0.2, 0.25) is 0 Å². The summed E-state index contributed by atoms with van der Waals surface area (Å²) in [5.41, 5.74) is 1.74. The maximum absolute atomic E-state index is 13.8. The lowest BCUT2D eigenvalue weighted by molar-refractivity contribution is -0.152. The van der Waals surface area contributed by atoms with E-state index in [1.54, 1.807) is 19.1 Å². The lowest BCUT2D eigenvalue weighted by atomic mass is 10.0. The Morgan fingerprint density at radius 3 is 1.86 bits per heavy atom. The number of thioether (sulfide) groups is 1. The van der Waals surface area contributed by atoms with Gasteiger partial charge in [0, 0.05) is 27.7 Å². The van der Waals surface area contributed by atoms with Crippen LogP contribution >= 0.6 is 11.8 Å². The molecule has 0 saturated heterocycles. The normalized spacial score (nSPS) is 12.6. The third-order valence-corrected chi connectivity index (χ3v) is 6.31. The number of ketones is 1. The predicted octanol–water partition coefficient (Wildman–Crippen LogP) is 5.58. The van der Waals surface area contributed by atoms with Crippen LogP contribution in [0.25, 0.3) is 0 Å². The Morgan fingerprint density at radius 1 is 0.861 bits per heavy atom. The predicted molar refractivity (Wildman–Crippen MR) is 127 cm³/mol. The van der Waals surface area contributed by atoms with Gasteiger partial charge in [-0.25, -0.2) is 22.0 Å². The molecule has 3 radical (unpaired) electrons. The van der Waals surface area contributed by atoms with Crippen LogP contribution in [0.1, 0.15) is 44.2 Å². The molecule has 0 amide bonds. The van der Waals surface area contributed by atoms with Crippen molar-refractivity contribution < 1.29 is 41.0 Å². The number of methoxy groups -OCH3 is 1. The van der Waals surface area contributed by atoms with Gasteiger partial charge in [-0.2, -0.15) is 0 Å². The summed E-state index contributed by atoms with van der Waals surface area (Å²) in [5, 5.41) is 0. The molecule has 195 valence electrons. The molecule has 2 aromatic carbocycles. The average Bonchev–Trinajstić information content (AvgIpc) is 2.82. The zero-order chi connectivity index (χ0) is 26.1. The van der Waals surface area contributed by atoms with Crippen molar-refractivity contribution in [2.24, 2.45) is 0 Å².